The van der Waals surface area contributed by atoms with Crippen molar-refractivity contribution < 1.29 is 8.78 Å². The van der Waals surface area contributed by atoms with Gasteiger partial charge in [0.15, 0.2) is 0 Å². The highest BCUT2D eigenvalue weighted by Crippen LogP contribution is 2.19. The van der Waals surface area contributed by atoms with Gasteiger partial charge in [-0.25, -0.2) is 8.78 Å². The van der Waals surface area contributed by atoms with Crippen LogP contribution in [0.5, 0.6) is 0 Å². The van der Waals surface area contributed by atoms with Crippen LogP contribution in [0.4, 0.5) is 8.78 Å². The van der Waals surface area contributed by atoms with Crippen LogP contribution in [0.15, 0.2) is 35.3 Å². The number of aliphatic imine (C=N–C) groups is 1. The minimum Gasteiger partial charge on any atom is -0.276 e. The van der Waals surface area contributed by atoms with Gasteiger partial charge < -0.3 is 0 Å². The maximum atomic E-state index is 12.3. The van der Waals surface area contributed by atoms with Crippen LogP contribution in [0.25, 0.3) is 0 Å². The Kier molecular flexibility index (Phi) is 5.44. The fourth-order valence-corrected chi connectivity index (χ4v) is 1.57. The monoisotopic (exact) mass is 250 g/mol. The van der Waals surface area contributed by atoms with Crippen molar-refractivity contribution in [3.8, 4) is 6.07 Å². The largest absolute Gasteiger partial charge is 0.276 e. The normalized spacial score (nSPS) is 14.6. The van der Waals surface area contributed by atoms with Gasteiger partial charge in [-0.3, -0.25) is 4.99 Å². The number of alkyl halides is 2. The highest BCUT2D eigenvalue weighted by molar-refractivity contribution is 5.59. The summed E-state index contributed by atoms with van der Waals surface area (Å²) in [6.45, 7) is 1.43. The van der Waals surface area contributed by atoms with E-state index in [2.05, 4.69) is 4.99 Å². The molecule has 0 aliphatic heterocycles. The Morgan fingerprint density at radius 2 is 2.06 bits per heavy atom. The third-order valence-electron chi connectivity index (χ3n) is 2.57. The molecule has 1 aromatic rings. The molecule has 0 radical (unpaired) electrons. The lowest BCUT2D eigenvalue weighted by atomic mass is 10.0. The maximum Gasteiger partial charge on any atom is 0.242 e. The van der Waals surface area contributed by atoms with Crippen LogP contribution in [0.3, 0.4) is 0 Å². The van der Waals surface area contributed by atoms with E-state index < -0.39 is 18.4 Å². The van der Waals surface area contributed by atoms with Crippen LogP contribution >= 0.6 is 0 Å². The second-order valence-electron chi connectivity index (χ2n) is 4.32. The first-order valence-corrected chi connectivity index (χ1v) is 5.83. The molecule has 0 heterocycles. The van der Waals surface area contributed by atoms with Crippen LogP contribution in [-0.4, -0.2) is 18.2 Å². The number of hydrogen-bond acceptors (Lipinski definition) is 2. The zero-order chi connectivity index (χ0) is 13.4. The van der Waals surface area contributed by atoms with Crippen LogP contribution in [0, 0.1) is 11.3 Å². The van der Waals surface area contributed by atoms with E-state index in [-0.39, 0.29) is 0 Å². The van der Waals surface area contributed by atoms with Crippen LogP contribution in [0.2, 0.25) is 0 Å². The summed E-state index contributed by atoms with van der Waals surface area (Å²) < 4.78 is 24.5. The molecule has 96 valence electrons. The second-order valence-corrected chi connectivity index (χ2v) is 4.32. The van der Waals surface area contributed by atoms with Gasteiger partial charge in [0.1, 0.15) is 5.54 Å². The molecule has 0 fully saturated rings. The molecule has 0 spiro atoms. The molecule has 1 aromatic carbocycles. The number of nitriles is 1. The molecule has 2 nitrogen and oxygen atoms in total. The van der Waals surface area contributed by atoms with E-state index in [1.165, 1.54) is 6.92 Å². The summed E-state index contributed by atoms with van der Waals surface area (Å²) >= 11 is 0. The summed E-state index contributed by atoms with van der Waals surface area (Å²) in [6, 6.07) is 11.7. The van der Waals surface area contributed by atoms with E-state index in [1.54, 1.807) is 6.21 Å². The standard InChI is InChI=1S/C14H16F2N2/c1-14(11-17,10-13(15)16)18-9-5-8-12-6-3-2-4-7-12/h2-4,6-7,9,13H,5,8,10H2,1H3. The minimum absolute atomic E-state index is 0.522. The molecule has 0 aromatic heterocycles. The Morgan fingerprint density at radius 1 is 1.39 bits per heavy atom. The first-order chi connectivity index (χ1) is 8.56. The van der Waals surface area contributed by atoms with Gasteiger partial charge in [0, 0.05) is 12.6 Å². The molecule has 0 saturated heterocycles. The predicted octanol–water partition coefficient (Wildman–Crippen LogP) is 3.63. The van der Waals surface area contributed by atoms with E-state index in [4.69, 9.17) is 5.26 Å². The third kappa shape index (κ3) is 5.05. The van der Waals surface area contributed by atoms with Crippen molar-refractivity contribution in [3.05, 3.63) is 35.9 Å². The average Bonchev–Trinajstić information content (AvgIpc) is 2.35. The van der Waals surface area contributed by atoms with Gasteiger partial charge in [-0.1, -0.05) is 30.3 Å². The van der Waals surface area contributed by atoms with Gasteiger partial charge in [0.05, 0.1) is 6.07 Å². The SMILES string of the molecule is CC(C#N)(CC(F)F)N=CCCc1ccccc1. The number of aryl methyl sites for hydroxylation is 1. The molecule has 0 saturated carbocycles. The zero-order valence-electron chi connectivity index (χ0n) is 10.3. The Morgan fingerprint density at radius 3 is 2.61 bits per heavy atom. The van der Waals surface area contributed by atoms with Gasteiger partial charge in [-0.2, -0.15) is 5.26 Å². The zero-order valence-corrected chi connectivity index (χ0v) is 10.3. The topological polar surface area (TPSA) is 36.1 Å². The smallest absolute Gasteiger partial charge is 0.242 e. The van der Waals surface area contributed by atoms with Crippen LogP contribution in [-0.2, 0) is 6.42 Å². The van der Waals surface area contributed by atoms with E-state index >= 15 is 0 Å². The van der Waals surface area contributed by atoms with Crippen molar-refractivity contribution in [2.75, 3.05) is 0 Å². The maximum absolute atomic E-state index is 12.3. The van der Waals surface area contributed by atoms with E-state index in [0.29, 0.717) is 6.42 Å². The number of halogens is 2. The Bertz CT molecular complexity index is 423. The fraction of sp³-hybridized carbons (Fsp3) is 0.429. The molecule has 1 atom stereocenters. The van der Waals surface area contributed by atoms with Crippen LogP contribution < -0.4 is 0 Å². The fourth-order valence-electron chi connectivity index (χ4n) is 1.57. The first kappa shape index (κ1) is 14.3. The van der Waals surface area contributed by atoms with Gasteiger partial charge in [0.2, 0.25) is 6.43 Å². The molecule has 4 heteroatoms. The summed E-state index contributed by atoms with van der Waals surface area (Å²) in [7, 11) is 0. The molecule has 0 aliphatic rings. The molecule has 0 amide bonds. The summed E-state index contributed by atoms with van der Waals surface area (Å²) in [5.74, 6) is 0. The lowest BCUT2D eigenvalue weighted by Gasteiger charge is -2.15. The van der Waals surface area contributed by atoms with Crippen molar-refractivity contribution >= 4 is 6.21 Å². The van der Waals surface area contributed by atoms with E-state index in [0.717, 1.165) is 12.0 Å². The van der Waals surface area contributed by atoms with Crippen molar-refractivity contribution in [3.63, 3.8) is 0 Å². The number of rotatable bonds is 6. The Hall–Kier alpha value is -1.76. The summed E-state index contributed by atoms with van der Waals surface area (Å²) in [4.78, 5) is 3.96. The first-order valence-electron chi connectivity index (χ1n) is 5.83. The van der Waals surface area contributed by atoms with Crippen molar-refractivity contribution in [2.45, 2.75) is 38.2 Å². The van der Waals surface area contributed by atoms with Gasteiger partial charge in [-0.05, 0) is 25.3 Å². The summed E-state index contributed by atoms with van der Waals surface area (Å²) in [5.41, 5.74) is -0.151. The summed E-state index contributed by atoms with van der Waals surface area (Å²) in [6.07, 6.45) is -0.0319. The molecule has 0 aliphatic carbocycles. The molecule has 1 rings (SSSR count). The number of hydrogen-bond donors (Lipinski definition) is 0. The van der Waals surface area contributed by atoms with Crippen LogP contribution in [0.1, 0.15) is 25.3 Å². The average molecular weight is 250 g/mol. The Balaban J connectivity index is 2.46. The van der Waals surface area contributed by atoms with Gasteiger partial charge >= 0.3 is 0 Å². The molecular weight excluding hydrogens is 234 g/mol. The highest BCUT2D eigenvalue weighted by Gasteiger charge is 2.26. The van der Waals surface area contributed by atoms with Gasteiger partial charge in [-0.15, -0.1) is 0 Å². The van der Waals surface area contributed by atoms with E-state index in [1.807, 2.05) is 36.4 Å². The summed E-state index contributed by atoms with van der Waals surface area (Å²) in [5, 5.41) is 8.85. The second kappa shape index (κ2) is 6.85. The molecular formula is C14H16F2N2. The third-order valence-corrected chi connectivity index (χ3v) is 2.57. The molecule has 0 bridgehead atoms. The number of benzene rings is 1. The van der Waals surface area contributed by atoms with E-state index in [9.17, 15) is 8.78 Å². The number of nitrogens with zero attached hydrogens (tertiary/aromatic N) is 2. The lowest BCUT2D eigenvalue weighted by molar-refractivity contribution is 0.121. The van der Waals surface area contributed by atoms with Crippen molar-refractivity contribution in [2.24, 2.45) is 4.99 Å². The van der Waals surface area contributed by atoms with Crippen molar-refractivity contribution in [1.82, 2.24) is 0 Å². The quantitative estimate of drug-likeness (QED) is 0.710. The lowest BCUT2D eigenvalue weighted by Crippen LogP contribution is -2.23. The minimum atomic E-state index is -2.51. The molecule has 1 unspecified atom stereocenters. The van der Waals surface area contributed by atoms with Crippen molar-refractivity contribution in [1.29, 1.82) is 5.26 Å². The molecule has 18 heavy (non-hydrogen) atoms. The predicted molar refractivity (Wildman–Crippen MR) is 67.9 cm³/mol. The molecule has 0 N–H and O–H groups in total. The Labute approximate surface area is 106 Å². The van der Waals surface area contributed by atoms with Gasteiger partial charge in [0.25, 0.3) is 0 Å². The highest BCUT2D eigenvalue weighted by atomic mass is 19.3.